The maximum Gasteiger partial charge on any atom is 0.419 e. The third-order valence-electron chi connectivity index (χ3n) is 2.44. The zero-order chi connectivity index (χ0) is 13.9. The summed E-state index contributed by atoms with van der Waals surface area (Å²) in [6.45, 7) is 0. The lowest BCUT2D eigenvalue weighted by molar-refractivity contribution is -0.139. The molecule has 0 aliphatic carbocycles. The van der Waals surface area contributed by atoms with Crippen LogP contribution in [-0.4, -0.2) is 16.2 Å². The van der Waals surface area contributed by atoms with Gasteiger partial charge in [0.2, 0.25) is 0 Å². The average molecular weight is 263 g/mol. The lowest BCUT2D eigenvalue weighted by Crippen LogP contribution is -2.14. The van der Waals surface area contributed by atoms with E-state index < -0.39 is 29.5 Å². The molecule has 1 unspecified atom stereocenters. The average Bonchev–Trinajstić information content (AvgIpc) is 2.24. The largest absolute Gasteiger partial charge is 0.507 e. The van der Waals surface area contributed by atoms with Crippen LogP contribution < -0.4 is 5.73 Å². The molecule has 1 aromatic carbocycles. The van der Waals surface area contributed by atoms with E-state index in [1.165, 1.54) is 6.07 Å². The van der Waals surface area contributed by atoms with E-state index in [1.54, 1.807) is 0 Å². The lowest BCUT2D eigenvalue weighted by atomic mass is 9.99. The quantitative estimate of drug-likeness (QED) is 0.778. The Morgan fingerprint density at radius 3 is 2.50 bits per heavy atom. The monoisotopic (exact) mass is 263 g/mol. The second-order valence-corrected chi connectivity index (χ2v) is 3.78. The van der Waals surface area contributed by atoms with Gasteiger partial charge in [0.1, 0.15) is 5.75 Å². The molecule has 0 aliphatic heterocycles. The number of halogens is 3. The van der Waals surface area contributed by atoms with Crippen LogP contribution in [0.15, 0.2) is 18.2 Å². The molecule has 0 fully saturated rings. The molecule has 0 saturated carbocycles. The predicted molar refractivity (Wildman–Crippen MR) is 56.9 cm³/mol. The number of carboxylic acids is 1. The van der Waals surface area contributed by atoms with Gasteiger partial charge in [-0.3, -0.25) is 4.79 Å². The Balaban J connectivity index is 3.00. The number of rotatable bonds is 4. The molecule has 0 aromatic heterocycles. The van der Waals surface area contributed by atoms with E-state index in [2.05, 4.69) is 0 Å². The Morgan fingerprint density at radius 1 is 1.39 bits per heavy atom. The van der Waals surface area contributed by atoms with Gasteiger partial charge in [-0.05, 0) is 12.5 Å². The van der Waals surface area contributed by atoms with Crippen LogP contribution in [0, 0.1) is 0 Å². The first-order valence-electron chi connectivity index (χ1n) is 5.10. The molecule has 0 spiro atoms. The number of phenols is 1. The van der Waals surface area contributed by atoms with Gasteiger partial charge in [0, 0.05) is 18.0 Å². The summed E-state index contributed by atoms with van der Waals surface area (Å²) >= 11 is 0. The van der Waals surface area contributed by atoms with Crippen molar-refractivity contribution in [1.29, 1.82) is 0 Å². The van der Waals surface area contributed by atoms with Gasteiger partial charge < -0.3 is 15.9 Å². The Hall–Kier alpha value is -1.76. The maximum atomic E-state index is 12.5. The van der Waals surface area contributed by atoms with Crippen LogP contribution in [0.1, 0.15) is 30.0 Å². The fourth-order valence-corrected chi connectivity index (χ4v) is 1.52. The Bertz CT molecular complexity index is 446. The molecule has 0 saturated heterocycles. The Kier molecular flexibility index (Phi) is 4.18. The fraction of sp³-hybridized carbons (Fsp3) is 0.364. The standard InChI is InChI=1S/C11H12F3NO3/c12-11(13,14)7-3-1-2-6(10(7)18)8(15)4-5-9(16)17/h1-3,8,18H,4-5,15H2,(H,16,17). The van der Waals surface area contributed by atoms with Crippen LogP contribution in [0.25, 0.3) is 0 Å². The minimum Gasteiger partial charge on any atom is -0.507 e. The molecule has 0 radical (unpaired) electrons. The summed E-state index contributed by atoms with van der Waals surface area (Å²) in [4.78, 5) is 10.3. The number of phenolic OH excluding ortho intramolecular Hbond substituents is 1. The van der Waals surface area contributed by atoms with Crippen molar-refractivity contribution in [1.82, 2.24) is 0 Å². The number of alkyl halides is 3. The van der Waals surface area contributed by atoms with Gasteiger partial charge in [-0.15, -0.1) is 0 Å². The number of aromatic hydroxyl groups is 1. The minimum absolute atomic E-state index is 0.0514. The van der Waals surface area contributed by atoms with Gasteiger partial charge in [-0.1, -0.05) is 12.1 Å². The molecule has 0 aliphatic rings. The van der Waals surface area contributed by atoms with Gasteiger partial charge in [-0.25, -0.2) is 0 Å². The van der Waals surface area contributed by atoms with E-state index in [9.17, 15) is 23.1 Å². The molecule has 100 valence electrons. The molecular weight excluding hydrogens is 251 g/mol. The van der Waals surface area contributed by atoms with Crippen molar-refractivity contribution >= 4 is 5.97 Å². The van der Waals surface area contributed by atoms with Crippen molar-refractivity contribution in [2.45, 2.75) is 25.1 Å². The number of benzene rings is 1. The molecule has 0 heterocycles. The summed E-state index contributed by atoms with van der Waals surface area (Å²) in [5, 5.41) is 18.0. The lowest BCUT2D eigenvalue weighted by Gasteiger charge is -2.16. The molecule has 1 aromatic rings. The maximum absolute atomic E-state index is 12.5. The topological polar surface area (TPSA) is 83.6 Å². The molecule has 4 N–H and O–H groups in total. The van der Waals surface area contributed by atoms with E-state index in [0.717, 1.165) is 12.1 Å². The zero-order valence-corrected chi connectivity index (χ0v) is 9.24. The first-order chi connectivity index (χ1) is 8.23. The summed E-state index contributed by atoms with van der Waals surface area (Å²) < 4.78 is 37.5. The highest BCUT2D eigenvalue weighted by Crippen LogP contribution is 2.39. The first kappa shape index (κ1) is 14.3. The fourth-order valence-electron chi connectivity index (χ4n) is 1.52. The third-order valence-corrected chi connectivity index (χ3v) is 2.44. The number of aliphatic carboxylic acids is 1. The molecule has 1 atom stereocenters. The van der Waals surface area contributed by atoms with E-state index >= 15 is 0 Å². The van der Waals surface area contributed by atoms with Crippen LogP contribution in [0.4, 0.5) is 13.2 Å². The van der Waals surface area contributed by atoms with Gasteiger partial charge in [0.05, 0.1) is 5.56 Å². The molecule has 4 nitrogen and oxygen atoms in total. The highest BCUT2D eigenvalue weighted by atomic mass is 19.4. The van der Waals surface area contributed by atoms with Crippen LogP contribution >= 0.6 is 0 Å². The summed E-state index contributed by atoms with van der Waals surface area (Å²) in [5.41, 5.74) is 4.28. The normalized spacial score (nSPS) is 13.3. The van der Waals surface area contributed by atoms with Crippen molar-refractivity contribution in [2.24, 2.45) is 5.73 Å². The first-order valence-corrected chi connectivity index (χ1v) is 5.10. The van der Waals surface area contributed by atoms with E-state index in [-0.39, 0.29) is 18.4 Å². The van der Waals surface area contributed by atoms with E-state index in [4.69, 9.17) is 10.8 Å². The number of nitrogens with two attached hydrogens (primary N) is 1. The summed E-state index contributed by atoms with van der Waals surface area (Å²) in [6.07, 6.45) is -5.01. The third kappa shape index (κ3) is 3.36. The highest BCUT2D eigenvalue weighted by molar-refractivity contribution is 5.66. The molecule has 0 amide bonds. The number of carbonyl (C=O) groups is 1. The van der Waals surface area contributed by atoms with Crippen LogP contribution in [-0.2, 0) is 11.0 Å². The second kappa shape index (κ2) is 5.26. The summed E-state index contributed by atoms with van der Waals surface area (Å²) in [7, 11) is 0. The Morgan fingerprint density at radius 2 is 2.00 bits per heavy atom. The molecular formula is C11H12F3NO3. The van der Waals surface area contributed by atoms with E-state index in [0.29, 0.717) is 0 Å². The number of hydrogen-bond donors (Lipinski definition) is 3. The van der Waals surface area contributed by atoms with Gasteiger partial charge in [-0.2, -0.15) is 13.2 Å². The van der Waals surface area contributed by atoms with Gasteiger partial charge >= 0.3 is 12.1 Å². The smallest absolute Gasteiger partial charge is 0.419 e. The van der Waals surface area contributed by atoms with Crippen molar-refractivity contribution in [3.63, 3.8) is 0 Å². The second-order valence-electron chi connectivity index (χ2n) is 3.78. The van der Waals surface area contributed by atoms with Gasteiger partial charge in [0.15, 0.2) is 0 Å². The van der Waals surface area contributed by atoms with Crippen molar-refractivity contribution in [3.8, 4) is 5.75 Å². The SMILES string of the molecule is NC(CCC(=O)O)c1cccc(C(F)(F)F)c1O. The number of carboxylic acid groups (broad SMARTS) is 1. The summed E-state index contributed by atoms with van der Waals surface area (Å²) in [6, 6.07) is 2.15. The van der Waals surface area contributed by atoms with Crippen LogP contribution in [0.2, 0.25) is 0 Å². The summed E-state index contributed by atoms with van der Waals surface area (Å²) in [5.74, 6) is -2.04. The molecule has 18 heavy (non-hydrogen) atoms. The highest BCUT2D eigenvalue weighted by Gasteiger charge is 2.35. The molecule has 1 rings (SSSR count). The van der Waals surface area contributed by atoms with Crippen molar-refractivity contribution in [2.75, 3.05) is 0 Å². The Labute approximate surface area is 101 Å². The van der Waals surface area contributed by atoms with Gasteiger partial charge in [0.25, 0.3) is 0 Å². The van der Waals surface area contributed by atoms with Crippen molar-refractivity contribution < 1.29 is 28.2 Å². The minimum atomic E-state index is -4.67. The zero-order valence-electron chi connectivity index (χ0n) is 9.24. The number of para-hydroxylation sites is 1. The number of hydrogen-bond acceptors (Lipinski definition) is 3. The van der Waals surface area contributed by atoms with Crippen LogP contribution in [0.3, 0.4) is 0 Å². The van der Waals surface area contributed by atoms with E-state index in [1.807, 2.05) is 0 Å². The molecule has 0 bridgehead atoms. The van der Waals surface area contributed by atoms with Crippen LogP contribution in [0.5, 0.6) is 5.75 Å². The predicted octanol–water partition coefficient (Wildman–Crippen LogP) is 2.28. The molecule has 7 heteroatoms. The van der Waals surface area contributed by atoms with Crippen molar-refractivity contribution in [3.05, 3.63) is 29.3 Å².